The number of aromatic nitrogens is 2. The Morgan fingerprint density at radius 1 is 1.00 bits per heavy atom. The summed E-state index contributed by atoms with van der Waals surface area (Å²) in [5.41, 5.74) is 5.90. The van der Waals surface area contributed by atoms with Crippen molar-refractivity contribution >= 4 is 17.0 Å². The summed E-state index contributed by atoms with van der Waals surface area (Å²) in [6.45, 7) is 10.5. The highest BCUT2D eigenvalue weighted by atomic mass is 15.1. The molecule has 0 unspecified atom stereocenters. The van der Waals surface area contributed by atoms with E-state index in [9.17, 15) is 0 Å². The Kier molecular flexibility index (Phi) is 3.17. The summed E-state index contributed by atoms with van der Waals surface area (Å²) in [6, 6.07) is 15.2. The first kappa shape index (κ1) is 13.6. The minimum atomic E-state index is 0.184. The molecular weight excluding hydrogens is 256 g/mol. The largest absolute Gasteiger partial charge is 0.277 e. The molecule has 3 aromatic rings. The molecule has 1 heterocycles. The molecule has 1 N–H and O–H groups in total. The van der Waals surface area contributed by atoms with Gasteiger partial charge in [0.2, 0.25) is 0 Å². The summed E-state index contributed by atoms with van der Waals surface area (Å²) in [5.74, 6) is 0. The Labute approximate surface area is 125 Å². The minimum Gasteiger partial charge on any atom is -0.277 e. The van der Waals surface area contributed by atoms with Crippen LogP contribution in [-0.4, -0.2) is 10.2 Å². The van der Waals surface area contributed by atoms with Gasteiger partial charge >= 0.3 is 0 Å². The molecule has 0 saturated carbocycles. The number of H-pyrrole nitrogens is 1. The molecule has 0 atom stereocenters. The van der Waals surface area contributed by atoms with E-state index in [1.807, 2.05) is 0 Å². The van der Waals surface area contributed by atoms with Gasteiger partial charge in [-0.25, -0.2) is 0 Å². The third kappa shape index (κ3) is 2.49. The fraction of sp³-hybridized carbons (Fsp3) is 0.211. The van der Waals surface area contributed by atoms with Crippen LogP contribution in [0.2, 0.25) is 0 Å². The van der Waals surface area contributed by atoms with Gasteiger partial charge in [0.05, 0.1) is 11.2 Å². The highest BCUT2D eigenvalue weighted by Crippen LogP contribution is 2.28. The van der Waals surface area contributed by atoms with E-state index in [1.54, 1.807) is 6.08 Å². The maximum atomic E-state index is 4.25. The summed E-state index contributed by atoms with van der Waals surface area (Å²) < 4.78 is 0. The van der Waals surface area contributed by atoms with Gasteiger partial charge in [-0.2, -0.15) is 5.10 Å². The van der Waals surface area contributed by atoms with Crippen LogP contribution in [0, 0.1) is 0 Å². The number of benzene rings is 2. The van der Waals surface area contributed by atoms with E-state index in [0.29, 0.717) is 0 Å². The molecule has 21 heavy (non-hydrogen) atoms. The van der Waals surface area contributed by atoms with Gasteiger partial charge in [0.15, 0.2) is 0 Å². The average Bonchev–Trinajstić information content (AvgIpc) is 2.88. The molecule has 0 aliphatic heterocycles. The SMILES string of the molecule is C=Cc1n[nH]c2ccc(-c3ccc(C(C)(C)C)cc3)cc12. The molecule has 0 radical (unpaired) electrons. The minimum absolute atomic E-state index is 0.184. The van der Waals surface area contributed by atoms with Gasteiger partial charge in [-0.05, 0) is 40.3 Å². The van der Waals surface area contributed by atoms with Gasteiger partial charge in [0, 0.05) is 5.39 Å². The second kappa shape index (κ2) is 4.88. The van der Waals surface area contributed by atoms with Crippen LogP contribution in [0.4, 0.5) is 0 Å². The molecule has 0 aliphatic rings. The average molecular weight is 276 g/mol. The Balaban J connectivity index is 2.05. The summed E-state index contributed by atoms with van der Waals surface area (Å²) in [4.78, 5) is 0. The highest BCUT2D eigenvalue weighted by molar-refractivity contribution is 5.90. The van der Waals surface area contributed by atoms with Gasteiger partial charge in [-0.15, -0.1) is 0 Å². The molecule has 106 valence electrons. The zero-order valence-electron chi connectivity index (χ0n) is 12.8. The fourth-order valence-corrected chi connectivity index (χ4v) is 2.53. The van der Waals surface area contributed by atoms with Gasteiger partial charge in [-0.3, -0.25) is 5.10 Å². The number of fused-ring (bicyclic) bond motifs is 1. The monoisotopic (exact) mass is 276 g/mol. The van der Waals surface area contributed by atoms with Gasteiger partial charge < -0.3 is 0 Å². The van der Waals surface area contributed by atoms with Crippen molar-refractivity contribution in [1.82, 2.24) is 10.2 Å². The predicted molar refractivity (Wildman–Crippen MR) is 90.3 cm³/mol. The number of nitrogens with one attached hydrogen (secondary N) is 1. The van der Waals surface area contributed by atoms with Crippen LogP contribution in [0.1, 0.15) is 32.0 Å². The van der Waals surface area contributed by atoms with Crippen molar-refractivity contribution in [2.45, 2.75) is 26.2 Å². The van der Waals surface area contributed by atoms with Crippen LogP contribution in [0.3, 0.4) is 0 Å². The van der Waals surface area contributed by atoms with E-state index in [-0.39, 0.29) is 5.41 Å². The van der Waals surface area contributed by atoms with E-state index in [2.05, 4.69) is 80.0 Å². The van der Waals surface area contributed by atoms with E-state index in [1.165, 1.54) is 16.7 Å². The smallest absolute Gasteiger partial charge is 0.0921 e. The maximum Gasteiger partial charge on any atom is 0.0921 e. The van der Waals surface area contributed by atoms with Crippen molar-refractivity contribution < 1.29 is 0 Å². The van der Waals surface area contributed by atoms with Crippen LogP contribution < -0.4 is 0 Å². The third-order valence-electron chi connectivity index (χ3n) is 3.87. The van der Waals surface area contributed by atoms with Crippen molar-refractivity contribution in [3.63, 3.8) is 0 Å². The van der Waals surface area contributed by atoms with Gasteiger partial charge in [-0.1, -0.05) is 57.7 Å². The maximum absolute atomic E-state index is 4.25. The van der Waals surface area contributed by atoms with Crippen molar-refractivity contribution in [2.24, 2.45) is 0 Å². The van der Waals surface area contributed by atoms with Gasteiger partial charge in [0.25, 0.3) is 0 Å². The zero-order valence-corrected chi connectivity index (χ0v) is 12.8. The Hall–Kier alpha value is -2.35. The lowest BCUT2D eigenvalue weighted by atomic mass is 9.86. The van der Waals surface area contributed by atoms with Gasteiger partial charge in [0.1, 0.15) is 0 Å². The number of aromatic amines is 1. The molecule has 0 spiro atoms. The lowest BCUT2D eigenvalue weighted by Gasteiger charge is -2.19. The molecule has 1 aromatic heterocycles. The topological polar surface area (TPSA) is 28.7 Å². The van der Waals surface area contributed by atoms with Crippen molar-refractivity contribution in [3.8, 4) is 11.1 Å². The van der Waals surface area contributed by atoms with E-state index in [4.69, 9.17) is 0 Å². The predicted octanol–water partition coefficient (Wildman–Crippen LogP) is 5.17. The standard InChI is InChI=1S/C19H20N2/c1-5-17-16-12-14(8-11-18(16)21-20-17)13-6-9-15(10-7-13)19(2,3)4/h5-12H,1H2,2-4H3,(H,20,21). The van der Waals surface area contributed by atoms with Crippen LogP contribution in [0.5, 0.6) is 0 Å². The van der Waals surface area contributed by atoms with E-state index >= 15 is 0 Å². The number of nitrogens with zero attached hydrogens (tertiary/aromatic N) is 1. The molecule has 2 heteroatoms. The molecule has 0 bridgehead atoms. The zero-order chi connectivity index (χ0) is 15.0. The number of hydrogen-bond donors (Lipinski definition) is 1. The van der Waals surface area contributed by atoms with Crippen LogP contribution >= 0.6 is 0 Å². The Bertz CT molecular complexity index is 787. The Morgan fingerprint density at radius 2 is 1.67 bits per heavy atom. The molecule has 2 nitrogen and oxygen atoms in total. The normalized spacial score (nSPS) is 11.8. The summed E-state index contributed by atoms with van der Waals surface area (Å²) in [6.07, 6.45) is 1.78. The summed E-state index contributed by atoms with van der Waals surface area (Å²) in [7, 11) is 0. The van der Waals surface area contributed by atoms with Crippen LogP contribution in [0.25, 0.3) is 28.1 Å². The fourth-order valence-electron chi connectivity index (χ4n) is 2.53. The second-order valence-corrected chi connectivity index (χ2v) is 6.40. The Morgan fingerprint density at radius 3 is 2.29 bits per heavy atom. The molecule has 0 fully saturated rings. The molecule has 2 aromatic carbocycles. The van der Waals surface area contributed by atoms with Crippen molar-refractivity contribution in [1.29, 1.82) is 0 Å². The number of rotatable bonds is 2. The molecular formula is C19H20N2. The van der Waals surface area contributed by atoms with Crippen molar-refractivity contribution in [3.05, 3.63) is 60.3 Å². The summed E-state index contributed by atoms with van der Waals surface area (Å²) in [5, 5.41) is 8.39. The first-order valence-corrected chi connectivity index (χ1v) is 7.20. The third-order valence-corrected chi connectivity index (χ3v) is 3.87. The van der Waals surface area contributed by atoms with Crippen LogP contribution in [0.15, 0.2) is 49.0 Å². The number of hydrogen-bond acceptors (Lipinski definition) is 1. The first-order chi connectivity index (χ1) is 9.99. The first-order valence-electron chi connectivity index (χ1n) is 7.20. The second-order valence-electron chi connectivity index (χ2n) is 6.40. The quantitative estimate of drug-likeness (QED) is 0.687. The van der Waals surface area contributed by atoms with Crippen molar-refractivity contribution in [2.75, 3.05) is 0 Å². The summed E-state index contributed by atoms with van der Waals surface area (Å²) >= 11 is 0. The molecule has 0 saturated heterocycles. The molecule has 0 aliphatic carbocycles. The lowest BCUT2D eigenvalue weighted by Crippen LogP contribution is -2.10. The molecule has 0 amide bonds. The lowest BCUT2D eigenvalue weighted by molar-refractivity contribution is 0.590. The van der Waals surface area contributed by atoms with Crippen LogP contribution in [-0.2, 0) is 5.41 Å². The van der Waals surface area contributed by atoms with E-state index < -0.39 is 0 Å². The highest BCUT2D eigenvalue weighted by Gasteiger charge is 2.13. The molecule has 3 rings (SSSR count). The van der Waals surface area contributed by atoms with E-state index in [0.717, 1.165) is 16.6 Å².